The molecule has 0 unspecified atom stereocenters. The number of quaternary nitrogens is 1. The number of carbonyl (C=O) groups excluding carboxylic acids is 1. The summed E-state index contributed by atoms with van der Waals surface area (Å²) in [6, 6.07) is 15.3. The Bertz CT molecular complexity index is 743. The fourth-order valence-electron chi connectivity index (χ4n) is 3.28. The molecule has 1 heterocycles. The molecule has 6 heteroatoms. The van der Waals surface area contributed by atoms with E-state index >= 15 is 0 Å². The Morgan fingerprint density at radius 3 is 2.50 bits per heavy atom. The number of methoxy groups -OCH3 is 1. The molecule has 0 radical (unpaired) electrons. The molecule has 2 aromatic carbocycles. The van der Waals surface area contributed by atoms with Gasteiger partial charge in [-0.2, -0.15) is 0 Å². The fraction of sp³-hybridized carbons (Fsp3) is 0.350. The summed E-state index contributed by atoms with van der Waals surface area (Å²) in [6.45, 7) is 5.69. The predicted octanol–water partition coefficient (Wildman–Crippen LogP) is 2.08. The number of nitrogens with zero attached hydrogens (tertiary/aromatic N) is 1. The molecule has 0 aromatic heterocycles. The normalized spacial score (nSPS) is 16.2. The number of halogens is 1. The quantitative estimate of drug-likeness (QED) is 0.842. The van der Waals surface area contributed by atoms with E-state index in [9.17, 15) is 4.79 Å². The Kier molecular flexibility index (Phi) is 6.01. The van der Waals surface area contributed by atoms with Crippen LogP contribution in [0, 0.1) is 0 Å². The minimum atomic E-state index is -0.105. The summed E-state index contributed by atoms with van der Waals surface area (Å²) in [7, 11) is 1.67. The first-order valence-corrected chi connectivity index (χ1v) is 9.24. The van der Waals surface area contributed by atoms with Gasteiger partial charge in [-0.25, -0.2) is 0 Å². The van der Waals surface area contributed by atoms with Crippen LogP contribution in [-0.4, -0.2) is 45.2 Å². The SMILES string of the molecule is COc1ccc(N2CC[NH+]([C@H](C)C(=O)Nc3cccc(Cl)c3)CC2)cc1. The standard InChI is InChI=1S/C20H24ClN3O2/c1-15(20(25)22-17-5-3-4-16(21)14-17)23-10-12-24(13-11-23)18-6-8-19(26-2)9-7-18/h3-9,14-15H,10-13H2,1-2H3,(H,22,25)/p+1/t15-/m1/s1. The summed E-state index contributed by atoms with van der Waals surface area (Å²) in [5, 5.41) is 3.58. The highest BCUT2D eigenvalue weighted by molar-refractivity contribution is 6.30. The zero-order chi connectivity index (χ0) is 18.5. The lowest BCUT2D eigenvalue weighted by Gasteiger charge is -2.36. The molecule has 0 saturated carbocycles. The zero-order valence-electron chi connectivity index (χ0n) is 15.2. The van der Waals surface area contributed by atoms with Crippen LogP contribution in [-0.2, 0) is 4.79 Å². The third kappa shape index (κ3) is 4.48. The van der Waals surface area contributed by atoms with Crippen molar-refractivity contribution in [3.05, 3.63) is 53.6 Å². The molecule has 5 nitrogen and oxygen atoms in total. The number of hydrogen-bond acceptors (Lipinski definition) is 3. The number of anilines is 2. The van der Waals surface area contributed by atoms with Crippen molar-refractivity contribution < 1.29 is 14.4 Å². The van der Waals surface area contributed by atoms with Crippen molar-refractivity contribution in [3.8, 4) is 5.75 Å². The van der Waals surface area contributed by atoms with Crippen molar-refractivity contribution in [2.75, 3.05) is 43.5 Å². The number of amides is 1. The number of carbonyl (C=O) groups is 1. The van der Waals surface area contributed by atoms with Gasteiger partial charge in [0, 0.05) is 16.4 Å². The van der Waals surface area contributed by atoms with E-state index in [-0.39, 0.29) is 11.9 Å². The topological polar surface area (TPSA) is 46.0 Å². The first-order chi connectivity index (χ1) is 12.6. The molecule has 1 aliphatic heterocycles. The van der Waals surface area contributed by atoms with Crippen molar-refractivity contribution in [3.63, 3.8) is 0 Å². The second kappa shape index (κ2) is 8.43. The molecule has 138 valence electrons. The fourth-order valence-corrected chi connectivity index (χ4v) is 3.47. The third-order valence-corrected chi connectivity index (χ3v) is 5.18. The summed E-state index contributed by atoms with van der Waals surface area (Å²) in [6.07, 6.45) is 0. The van der Waals surface area contributed by atoms with Crippen LogP contribution in [0.3, 0.4) is 0 Å². The van der Waals surface area contributed by atoms with Crippen LogP contribution < -0.4 is 19.9 Å². The first kappa shape index (κ1) is 18.5. The second-order valence-electron chi connectivity index (χ2n) is 6.56. The highest BCUT2D eigenvalue weighted by Crippen LogP contribution is 2.19. The van der Waals surface area contributed by atoms with Gasteiger partial charge in [-0.15, -0.1) is 0 Å². The van der Waals surface area contributed by atoms with E-state index in [2.05, 4.69) is 22.3 Å². The Labute approximate surface area is 159 Å². The molecule has 1 saturated heterocycles. The Hall–Kier alpha value is -2.24. The van der Waals surface area contributed by atoms with Crippen LogP contribution >= 0.6 is 11.6 Å². The van der Waals surface area contributed by atoms with E-state index in [1.54, 1.807) is 19.2 Å². The molecular weight excluding hydrogens is 350 g/mol. The van der Waals surface area contributed by atoms with E-state index in [1.165, 1.54) is 10.6 Å². The lowest BCUT2D eigenvalue weighted by Crippen LogP contribution is -3.19. The van der Waals surface area contributed by atoms with Gasteiger partial charge in [0.1, 0.15) is 5.75 Å². The molecule has 1 atom stereocenters. The van der Waals surface area contributed by atoms with Gasteiger partial charge in [0.25, 0.3) is 5.91 Å². The van der Waals surface area contributed by atoms with Gasteiger partial charge in [0.2, 0.25) is 0 Å². The van der Waals surface area contributed by atoms with Crippen LogP contribution in [0.15, 0.2) is 48.5 Å². The van der Waals surface area contributed by atoms with Crippen LogP contribution in [0.1, 0.15) is 6.92 Å². The van der Waals surface area contributed by atoms with Crippen LogP contribution in [0.5, 0.6) is 5.75 Å². The molecule has 2 N–H and O–H groups in total. The number of piperazine rings is 1. The van der Waals surface area contributed by atoms with Gasteiger partial charge in [0.05, 0.1) is 33.3 Å². The Morgan fingerprint density at radius 1 is 1.19 bits per heavy atom. The minimum absolute atomic E-state index is 0.0279. The predicted molar refractivity (Wildman–Crippen MR) is 105 cm³/mol. The van der Waals surface area contributed by atoms with Crippen molar-refractivity contribution in [1.29, 1.82) is 0 Å². The van der Waals surface area contributed by atoms with Gasteiger partial charge < -0.3 is 19.9 Å². The van der Waals surface area contributed by atoms with Gasteiger partial charge in [-0.3, -0.25) is 4.79 Å². The van der Waals surface area contributed by atoms with Gasteiger partial charge in [-0.1, -0.05) is 17.7 Å². The average Bonchev–Trinajstić information content (AvgIpc) is 2.67. The maximum atomic E-state index is 12.5. The maximum absolute atomic E-state index is 12.5. The molecule has 1 fully saturated rings. The molecule has 1 amide bonds. The number of nitrogens with one attached hydrogen (secondary N) is 2. The van der Waals surface area contributed by atoms with Crippen molar-refractivity contribution >= 4 is 28.9 Å². The number of rotatable bonds is 5. The minimum Gasteiger partial charge on any atom is -0.497 e. The van der Waals surface area contributed by atoms with Crippen LogP contribution in [0.25, 0.3) is 0 Å². The maximum Gasteiger partial charge on any atom is 0.282 e. The molecule has 3 rings (SSSR count). The molecule has 0 aliphatic carbocycles. The van der Waals surface area contributed by atoms with E-state index in [0.717, 1.165) is 37.6 Å². The van der Waals surface area contributed by atoms with Crippen LogP contribution in [0.2, 0.25) is 5.02 Å². The second-order valence-corrected chi connectivity index (χ2v) is 7.00. The average molecular weight is 375 g/mol. The first-order valence-electron chi connectivity index (χ1n) is 8.87. The monoisotopic (exact) mass is 374 g/mol. The van der Waals surface area contributed by atoms with Crippen molar-refractivity contribution in [2.45, 2.75) is 13.0 Å². The summed E-state index contributed by atoms with van der Waals surface area (Å²) >= 11 is 5.98. The summed E-state index contributed by atoms with van der Waals surface area (Å²) < 4.78 is 5.21. The summed E-state index contributed by atoms with van der Waals surface area (Å²) in [5.41, 5.74) is 1.94. The van der Waals surface area contributed by atoms with Gasteiger partial charge in [-0.05, 0) is 49.4 Å². The summed E-state index contributed by atoms with van der Waals surface area (Å²) in [4.78, 5) is 16.2. The van der Waals surface area contributed by atoms with Crippen molar-refractivity contribution in [2.24, 2.45) is 0 Å². The van der Waals surface area contributed by atoms with Crippen molar-refractivity contribution in [1.82, 2.24) is 0 Å². The Morgan fingerprint density at radius 2 is 1.88 bits per heavy atom. The molecule has 2 aromatic rings. The Balaban J connectivity index is 1.54. The molecule has 0 spiro atoms. The molecule has 1 aliphatic rings. The van der Waals surface area contributed by atoms with Crippen LogP contribution in [0.4, 0.5) is 11.4 Å². The van der Waals surface area contributed by atoms with Gasteiger partial charge >= 0.3 is 0 Å². The lowest BCUT2D eigenvalue weighted by molar-refractivity contribution is -0.914. The number of hydrogen-bond donors (Lipinski definition) is 2. The highest BCUT2D eigenvalue weighted by Gasteiger charge is 2.29. The molecule has 26 heavy (non-hydrogen) atoms. The number of ether oxygens (including phenoxy) is 1. The van der Waals surface area contributed by atoms with E-state index in [4.69, 9.17) is 16.3 Å². The van der Waals surface area contributed by atoms with E-state index < -0.39 is 0 Å². The van der Waals surface area contributed by atoms with Gasteiger partial charge in [0.15, 0.2) is 6.04 Å². The zero-order valence-corrected chi connectivity index (χ0v) is 15.9. The smallest absolute Gasteiger partial charge is 0.282 e. The van der Waals surface area contributed by atoms with E-state index in [1.807, 2.05) is 31.2 Å². The lowest BCUT2D eigenvalue weighted by atomic mass is 10.2. The largest absolute Gasteiger partial charge is 0.497 e. The highest BCUT2D eigenvalue weighted by atomic mass is 35.5. The third-order valence-electron chi connectivity index (χ3n) is 4.94. The molecular formula is C20H25ClN3O2+. The van der Waals surface area contributed by atoms with E-state index in [0.29, 0.717) is 5.02 Å². The molecule has 0 bridgehead atoms. The number of benzene rings is 2. The summed E-state index contributed by atoms with van der Waals surface area (Å²) in [5.74, 6) is 0.893.